The molecule has 160 valence electrons. The minimum atomic E-state index is -0.423. The Kier molecular flexibility index (Phi) is 7.46. The molecular weight excluding hydrogens is 380 g/mol. The van der Waals surface area contributed by atoms with Crippen molar-refractivity contribution in [1.29, 1.82) is 0 Å². The summed E-state index contributed by atoms with van der Waals surface area (Å²) in [5.41, 5.74) is 2.62. The summed E-state index contributed by atoms with van der Waals surface area (Å²) in [6.45, 7) is 5.58. The van der Waals surface area contributed by atoms with E-state index in [1.54, 1.807) is 7.11 Å². The van der Waals surface area contributed by atoms with Gasteiger partial charge in [-0.2, -0.15) is 0 Å². The molecule has 1 unspecified atom stereocenters. The van der Waals surface area contributed by atoms with Crippen LogP contribution >= 0.6 is 0 Å². The fourth-order valence-electron chi connectivity index (χ4n) is 4.16. The zero-order chi connectivity index (χ0) is 21.5. The summed E-state index contributed by atoms with van der Waals surface area (Å²) in [5.74, 6) is 0.173. The van der Waals surface area contributed by atoms with Gasteiger partial charge in [0.2, 0.25) is 0 Å². The van der Waals surface area contributed by atoms with Gasteiger partial charge >= 0.3 is 5.97 Å². The monoisotopic (exact) mass is 411 g/mol. The molecule has 0 radical (unpaired) electrons. The molecule has 3 rings (SSSR count). The number of methoxy groups -OCH3 is 1. The normalized spacial score (nSPS) is 19.6. The summed E-state index contributed by atoms with van der Waals surface area (Å²) in [4.78, 5) is 26.9. The first kappa shape index (κ1) is 21.8. The minimum absolute atomic E-state index is 0.107. The number of rotatable bonds is 7. The Labute approximate surface area is 178 Å². The van der Waals surface area contributed by atoms with Gasteiger partial charge in [-0.3, -0.25) is 9.59 Å². The van der Waals surface area contributed by atoms with Crippen LogP contribution in [0.2, 0.25) is 0 Å². The molecule has 0 aromatic heterocycles. The lowest BCUT2D eigenvalue weighted by Gasteiger charge is -2.34. The molecule has 2 N–H and O–H groups in total. The molecule has 1 saturated heterocycles. The van der Waals surface area contributed by atoms with Gasteiger partial charge in [0.25, 0.3) is 5.91 Å². The molecule has 3 atom stereocenters. The average molecular weight is 412 g/mol. The fourth-order valence-corrected chi connectivity index (χ4v) is 4.16. The quantitative estimate of drug-likeness (QED) is 0.687. The molecular formula is C24H31N2O4+. The van der Waals surface area contributed by atoms with Crippen LogP contribution in [0.25, 0.3) is 0 Å². The van der Waals surface area contributed by atoms with Gasteiger partial charge in [-0.25, -0.2) is 0 Å². The first-order valence-electron chi connectivity index (χ1n) is 10.5. The van der Waals surface area contributed by atoms with Gasteiger partial charge in [-0.05, 0) is 44.4 Å². The molecule has 1 fully saturated rings. The van der Waals surface area contributed by atoms with Crippen molar-refractivity contribution in [3.8, 4) is 5.75 Å². The second-order valence-electron chi connectivity index (χ2n) is 7.74. The maximum Gasteiger partial charge on any atom is 0.314 e. The number of carbonyl (C=O) groups is 2. The number of hydrogen-bond donors (Lipinski definition) is 2. The summed E-state index contributed by atoms with van der Waals surface area (Å²) >= 11 is 0. The predicted octanol–water partition coefficient (Wildman–Crippen LogP) is 2.54. The van der Waals surface area contributed by atoms with E-state index in [4.69, 9.17) is 9.47 Å². The van der Waals surface area contributed by atoms with E-state index in [1.165, 1.54) is 0 Å². The van der Waals surface area contributed by atoms with Crippen molar-refractivity contribution in [2.24, 2.45) is 5.92 Å². The second-order valence-corrected chi connectivity index (χ2v) is 7.74. The van der Waals surface area contributed by atoms with Crippen LogP contribution < -0.4 is 15.0 Å². The number of ether oxygens (including phenoxy) is 2. The van der Waals surface area contributed by atoms with E-state index in [0.717, 1.165) is 35.4 Å². The smallest absolute Gasteiger partial charge is 0.314 e. The van der Waals surface area contributed by atoms with Crippen LogP contribution in [0.3, 0.4) is 0 Å². The number of aryl methyl sites for hydroxylation is 1. The first-order chi connectivity index (χ1) is 14.5. The first-order valence-corrected chi connectivity index (χ1v) is 10.5. The molecule has 1 amide bonds. The average Bonchev–Trinajstić information content (AvgIpc) is 2.75. The molecule has 2 aromatic rings. The van der Waals surface area contributed by atoms with Crippen LogP contribution in [0, 0.1) is 12.8 Å². The van der Waals surface area contributed by atoms with E-state index in [9.17, 15) is 9.59 Å². The van der Waals surface area contributed by atoms with Crippen LogP contribution in [-0.2, 0) is 14.3 Å². The zero-order valence-electron chi connectivity index (χ0n) is 17.9. The van der Waals surface area contributed by atoms with E-state index in [1.807, 2.05) is 62.4 Å². The summed E-state index contributed by atoms with van der Waals surface area (Å²) in [6.07, 6.45) is 1.68. The predicted molar refractivity (Wildman–Crippen MR) is 116 cm³/mol. The van der Waals surface area contributed by atoms with Gasteiger partial charge in [0.1, 0.15) is 11.7 Å². The highest BCUT2D eigenvalue weighted by molar-refractivity contribution is 5.96. The third-order valence-electron chi connectivity index (χ3n) is 5.60. The third kappa shape index (κ3) is 5.19. The number of benzene rings is 2. The Bertz CT molecular complexity index is 869. The summed E-state index contributed by atoms with van der Waals surface area (Å²) in [5, 5.41) is 3.07. The minimum Gasteiger partial charge on any atom is -0.495 e. The summed E-state index contributed by atoms with van der Waals surface area (Å²) in [6, 6.07) is 15.0. The molecule has 0 aliphatic carbocycles. The van der Waals surface area contributed by atoms with E-state index < -0.39 is 6.04 Å². The van der Waals surface area contributed by atoms with Crippen molar-refractivity contribution in [3.63, 3.8) is 0 Å². The Morgan fingerprint density at radius 3 is 2.67 bits per heavy atom. The number of esters is 1. The summed E-state index contributed by atoms with van der Waals surface area (Å²) < 4.78 is 10.7. The van der Waals surface area contributed by atoms with Gasteiger partial charge < -0.3 is 19.7 Å². The number of amides is 1. The number of anilines is 1. The number of likely N-dealkylation sites (tertiary alicyclic amines) is 1. The molecule has 0 spiro atoms. The number of carbonyl (C=O) groups excluding carboxylic acids is 2. The van der Waals surface area contributed by atoms with E-state index in [-0.39, 0.29) is 17.8 Å². The van der Waals surface area contributed by atoms with Crippen LogP contribution in [0.1, 0.15) is 36.9 Å². The van der Waals surface area contributed by atoms with Crippen molar-refractivity contribution in [3.05, 3.63) is 59.7 Å². The molecule has 0 saturated carbocycles. The Morgan fingerprint density at radius 1 is 1.20 bits per heavy atom. The molecule has 0 bridgehead atoms. The van der Waals surface area contributed by atoms with E-state index >= 15 is 0 Å². The Hall–Kier alpha value is -2.86. The van der Waals surface area contributed by atoms with Crippen LogP contribution in [0.5, 0.6) is 5.75 Å². The Morgan fingerprint density at radius 2 is 1.97 bits per heavy atom. The van der Waals surface area contributed by atoms with Gasteiger partial charge in [-0.15, -0.1) is 0 Å². The number of piperidine rings is 1. The van der Waals surface area contributed by atoms with Crippen molar-refractivity contribution in [2.45, 2.75) is 32.7 Å². The maximum atomic E-state index is 13.5. The second kappa shape index (κ2) is 10.3. The van der Waals surface area contributed by atoms with Crippen LogP contribution in [0.15, 0.2) is 48.5 Å². The fraction of sp³-hybridized carbons (Fsp3) is 0.417. The van der Waals surface area contributed by atoms with Gasteiger partial charge in [0, 0.05) is 5.56 Å². The largest absolute Gasteiger partial charge is 0.495 e. The van der Waals surface area contributed by atoms with Crippen molar-refractivity contribution < 1.29 is 24.0 Å². The molecule has 6 nitrogen and oxygen atoms in total. The lowest BCUT2D eigenvalue weighted by molar-refractivity contribution is -0.929. The standard InChI is InChI=1S/C24H30N2O4/c1-4-30-24(28)19-11-8-14-26(16-19)22(18-9-6-5-7-10-18)23(27)25-20-15-17(2)12-13-21(20)29-3/h5-7,9-10,12-13,15,19,22H,4,8,11,14,16H2,1-3H3,(H,25,27)/p+1/t19-,22+/m1/s1. The molecule has 2 aromatic carbocycles. The molecule has 6 heteroatoms. The SMILES string of the molecule is CCOC(=O)[C@@H]1CCC[NH+]([C@H](C(=O)Nc2cc(C)ccc2OC)c2ccccc2)C1. The van der Waals surface area contributed by atoms with Crippen molar-refractivity contribution in [2.75, 3.05) is 32.1 Å². The van der Waals surface area contributed by atoms with Gasteiger partial charge in [-0.1, -0.05) is 36.4 Å². The maximum absolute atomic E-state index is 13.5. The summed E-state index contributed by atoms with van der Waals surface area (Å²) in [7, 11) is 1.59. The van der Waals surface area contributed by atoms with Gasteiger partial charge in [0.05, 0.1) is 32.5 Å². The topological polar surface area (TPSA) is 69.1 Å². The lowest BCUT2D eigenvalue weighted by atomic mass is 9.94. The van der Waals surface area contributed by atoms with Crippen LogP contribution in [0.4, 0.5) is 5.69 Å². The number of nitrogens with one attached hydrogen (secondary N) is 2. The van der Waals surface area contributed by atoms with Crippen LogP contribution in [-0.4, -0.2) is 38.7 Å². The van der Waals surface area contributed by atoms with Crippen molar-refractivity contribution >= 4 is 17.6 Å². The van der Waals surface area contributed by atoms with E-state index in [2.05, 4.69) is 5.32 Å². The molecule has 1 heterocycles. The highest BCUT2D eigenvalue weighted by atomic mass is 16.5. The highest BCUT2D eigenvalue weighted by Crippen LogP contribution is 2.26. The van der Waals surface area contributed by atoms with E-state index in [0.29, 0.717) is 24.6 Å². The lowest BCUT2D eigenvalue weighted by Crippen LogP contribution is -3.15. The number of hydrogen-bond acceptors (Lipinski definition) is 4. The van der Waals surface area contributed by atoms with Gasteiger partial charge in [0.15, 0.2) is 6.04 Å². The number of quaternary nitrogens is 1. The highest BCUT2D eigenvalue weighted by Gasteiger charge is 2.38. The molecule has 30 heavy (non-hydrogen) atoms. The molecule has 1 aliphatic heterocycles. The molecule has 1 aliphatic rings. The van der Waals surface area contributed by atoms with Crippen molar-refractivity contribution in [1.82, 2.24) is 0 Å². The Balaban J connectivity index is 1.87. The zero-order valence-corrected chi connectivity index (χ0v) is 17.9. The third-order valence-corrected chi connectivity index (χ3v) is 5.60.